The summed E-state index contributed by atoms with van der Waals surface area (Å²) < 4.78 is 6.05. The number of nitrogens with zero attached hydrogens (tertiary/aromatic N) is 1. The number of hydrogen-bond acceptors (Lipinski definition) is 3. The Morgan fingerprint density at radius 2 is 2.19 bits per heavy atom. The molecule has 0 spiro atoms. The van der Waals surface area contributed by atoms with Gasteiger partial charge in [0.05, 0.1) is 11.6 Å². The van der Waals surface area contributed by atoms with E-state index >= 15 is 0 Å². The molecule has 1 unspecified atom stereocenters. The van der Waals surface area contributed by atoms with Gasteiger partial charge in [-0.1, -0.05) is 13.0 Å². The average Bonchev–Trinajstić information content (AvgIpc) is 2.60. The quantitative estimate of drug-likeness (QED) is 0.900. The van der Waals surface area contributed by atoms with Crippen molar-refractivity contribution in [2.75, 3.05) is 13.7 Å². The highest BCUT2D eigenvalue weighted by atomic mass is 79.9. The fourth-order valence-corrected chi connectivity index (χ4v) is 2.95. The lowest BCUT2D eigenvalue weighted by atomic mass is 10.1. The number of rotatable bonds is 4. The van der Waals surface area contributed by atoms with Crippen LogP contribution in [0.4, 0.5) is 0 Å². The van der Waals surface area contributed by atoms with Crippen LogP contribution in [0.2, 0.25) is 0 Å². The number of amides is 2. The lowest BCUT2D eigenvalue weighted by Gasteiger charge is -2.23. The molecule has 21 heavy (non-hydrogen) atoms. The van der Waals surface area contributed by atoms with E-state index in [2.05, 4.69) is 21.2 Å². The molecule has 1 aliphatic rings. The Morgan fingerprint density at radius 1 is 1.43 bits per heavy atom. The lowest BCUT2D eigenvalue weighted by molar-refractivity contribution is -0.134. The van der Waals surface area contributed by atoms with Crippen LogP contribution < -0.4 is 10.1 Å². The van der Waals surface area contributed by atoms with E-state index in [-0.39, 0.29) is 11.8 Å². The second kappa shape index (κ2) is 6.93. The predicted molar refractivity (Wildman–Crippen MR) is 82.9 cm³/mol. The number of benzene rings is 1. The van der Waals surface area contributed by atoms with E-state index in [0.29, 0.717) is 25.9 Å². The zero-order valence-electron chi connectivity index (χ0n) is 12.2. The topological polar surface area (TPSA) is 58.6 Å². The zero-order valence-corrected chi connectivity index (χ0v) is 13.8. The number of ether oxygens (including phenoxy) is 1. The van der Waals surface area contributed by atoms with Gasteiger partial charge in [-0.15, -0.1) is 0 Å². The summed E-state index contributed by atoms with van der Waals surface area (Å²) in [5.41, 5.74) is 1.00. The van der Waals surface area contributed by atoms with Crippen molar-refractivity contribution >= 4 is 27.7 Å². The van der Waals surface area contributed by atoms with Crippen LogP contribution in [0.25, 0.3) is 0 Å². The summed E-state index contributed by atoms with van der Waals surface area (Å²) in [6.07, 6.45) is 0.951. The van der Waals surface area contributed by atoms with Crippen molar-refractivity contribution in [3.8, 4) is 5.75 Å². The van der Waals surface area contributed by atoms with Crippen LogP contribution in [0, 0.1) is 0 Å². The zero-order chi connectivity index (χ0) is 15.4. The number of carbonyl (C=O) groups excluding carboxylic acids is 2. The van der Waals surface area contributed by atoms with Crippen LogP contribution in [-0.4, -0.2) is 36.4 Å². The van der Waals surface area contributed by atoms with E-state index in [1.54, 1.807) is 12.0 Å². The molecular formula is C15H19BrN2O3. The molecule has 1 N–H and O–H groups in total. The molecule has 1 aromatic rings. The predicted octanol–water partition coefficient (Wildman–Crippen LogP) is 2.08. The second-order valence-corrected chi connectivity index (χ2v) is 5.86. The van der Waals surface area contributed by atoms with Gasteiger partial charge in [0, 0.05) is 19.5 Å². The first-order valence-corrected chi connectivity index (χ1v) is 7.75. The molecule has 5 nitrogen and oxygen atoms in total. The molecule has 6 heteroatoms. The second-order valence-electron chi connectivity index (χ2n) is 5.01. The summed E-state index contributed by atoms with van der Waals surface area (Å²) in [6.45, 7) is 2.84. The van der Waals surface area contributed by atoms with Gasteiger partial charge in [0.2, 0.25) is 11.8 Å². The van der Waals surface area contributed by atoms with Crippen molar-refractivity contribution in [3.05, 3.63) is 28.2 Å². The minimum absolute atomic E-state index is 0.0182. The average molecular weight is 355 g/mol. The molecule has 1 aromatic carbocycles. The van der Waals surface area contributed by atoms with E-state index < -0.39 is 6.04 Å². The first-order valence-electron chi connectivity index (χ1n) is 6.95. The van der Waals surface area contributed by atoms with Crippen molar-refractivity contribution in [1.82, 2.24) is 10.2 Å². The number of hydrogen-bond donors (Lipinski definition) is 1. The molecule has 0 aliphatic carbocycles. The molecule has 0 aromatic heterocycles. The van der Waals surface area contributed by atoms with Gasteiger partial charge in [-0.25, -0.2) is 0 Å². The van der Waals surface area contributed by atoms with Crippen LogP contribution in [0.5, 0.6) is 5.75 Å². The Bertz CT molecular complexity index is 548. The van der Waals surface area contributed by atoms with Gasteiger partial charge in [-0.3, -0.25) is 9.59 Å². The summed E-state index contributed by atoms with van der Waals surface area (Å²) in [6, 6.07) is 5.31. The summed E-state index contributed by atoms with van der Waals surface area (Å²) in [5.74, 6) is 0.674. The summed E-state index contributed by atoms with van der Waals surface area (Å²) in [5, 5.41) is 2.76. The molecule has 0 radical (unpaired) electrons. The Kier molecular flexibility index (Phi) is 5.22. The number of methoxy groups -OCH3 is 1. The van der Waals surface area contributed by atoms with Gasteiger partial charge in [-0.05, 0) is 40.0 Å². The van der Waals surface area contributed by atoms with Crippen molar-refractivity contribution in [2.24, 2.45) is 0 Å². The van der Waals surface area contributed by atoms with E-state index in [1.807, 2.05) is 25.1 Å². The Labute approximate surface area is 132 Å². The third kappa shape index (κ3) is 3.75. The highest BCUT2D eigenvalue weighted by Gasteiger charge is 2.28. The van der Waals surface area contributed by atoms with Gasteiger partial charge in [0.1, 0.15) is 11.8 Å². The van der Waals surface area contributed by atoms with Crippen LogP contribution in [0.15, 0.2) is 22.7 Å². The van der Waals surface area contributed by atoms with Crippen LogP contribution >= 0.6 is 15.9 Å². The van der Waals surface area contributed by atoms with E-state index in [1.165, 1.54) is 0 Å². The maximum Gasteiger partial charge on any atom is 0.245 e. The normalized spacial score (nSPS) is 19.2. The van der Waals surface area contributed by atoms with E-state index in [4.69, 9.17) is 4.74 Å². The Morgan fingerprint density at radius 3 is 2.81 bits per heavy atom. The van der Waals surface area contributed by atoms with Gasteiger partial charge >= 0.3 is 0 Å². The van der Waals surface area contributed by atoms with E-state index in [9.17, 15) is 9.59 Å². The molecule has 2 amide bonds. The van der Waals surface area contributed by atoms with Gasteiger partial charge in [0.15, 0.2) is 0 Å². The lowest BCUT2D eigenvalue weighted by Crippen LogP contribution is -2.43. The number of halogens is 1. The molecule has 0 saturated carbocycles. The summed E-state index contributed by atoms with van der Waals surface area (Å²) >= 11 is 3.44. The molecular weight excluding hydrogens is 336 g/mol. The molecule has 114 valence electrons. The Balaban J connectivity index is 2.15. The maximum absolute atomic E-state index is 12.4. The van der Waals surface area contributed by atoms with Crippen molar-refractivity contribution in [2.45, 2.75) is 32.4 Å². The van der Waals surface area contributed by atoms with Gasteiger partial charge in [-0.2, -0.15) is 0 Å². The largest absolute Gasteiger partial charge is 0.496 e. The first-order chi connectivity index (χ1) is 10.0. The minimum atomic E-state index is -0.415. The third-order valence-electron chi connectivity index (χ3n) is 3.55. The highest BCUT2D eigenvalue weighted by molar-refractivity contribution is 9.10. The molecule has 2 rings (SSSR count). The molecule has 1 saturated heterocycles. The van der Waals surface area contributed by atoms with Crippen LogP contribution in [-0.2, 0) is 16.1 Å². The standard InChI is InChI=1S/C15H19BrN2O3/c1-3-12-15(20)18(7-6-14(19)17-12)9-10-4-5-13(21-2)11(16)8-10/h4-5,8,12H,3,6-7,9H2,1-2H3,(H,17,19). The minimum Gasteiger partial charge on any atom is -0.496 e. The summed E-state index contributed by atoms with van der Waals surface area (Å²) in [7, 11) is 1.61. The van der Waals surface area contributed by atoms with E-state index in [0.717, 1.165) is 15.8 Å². The fraction of sp³-hybridized carbons (Fsp3) is 0.467. The maximum atomic E-state index is 12.4. The smallest absolute Gasteiger partial charge is 0.245 e. The molecule has 1 fully saturated rings. The number of carbonyl (C=O) groups is 2. The van der Waals surface area contributed by atoms with Crippen LogP contribution in [0.3, 0.4) is 0 Å². The van der Waals surface area contributed by atoms with Crippen molar-refractivity contribution in [3.63, 3.8) is 0 Å². The van der Waals surface area contributed by atoms with Gasteiger partial charge < -0.3 is 15.0 Å². The molecule has 1 atom stereocenters. The number of nitrogens with one attached hydrogen (secondary N) is 1. The SMILES string of the molecule is CCC1NC(=O)CCN(Cc2ccc(OC)c(Br)c2)C1=O. The molecule has 1 aliphatic heterocycles. The highest BCUT2D eigenvalue weighted by Crippen LogP contribution is 2.26. The Hall–Kier alpha value is -1.56. The molecule has 1 heterocycles. The fourth-order valence-electron chi connectivity index (χ4n) is 2.36. The third-order valence-corrected chi connectivity index (χ3v) is 4.17. The first kappa shape index (κ1) is 15.8. The monoisotopic (exact) mass is 354 g/mol. The van der Waals surface area contributed by atoms with Crippen molar-refractivity contribution in [1.29, 1.82) is 0 Å². The summed E-state index contributed by atoms with van der Waals surface area (Å²) in [4.78, 5) is 25.8. The molecule has 0 bridgehead atoms. The van der Waals surface area contributed by atoms with Crippen molar-refractivity contribution < 1.29 is 14.3 Å². The van der Waals surface area contributed by atoms with Gasteiger partial charge in [0.25, 0.3) is 0 Å². The van der Waals surface area contributed by atoms with Crippen LogP contribution in [0.1, 0.15) is 25.3 Å².